The summed E-state index contributed by atoms with van der Waals surface area (Å²) >= 11 is 6.15. The first-order chi connectivity index (χ1) is 21.2. The fourth-order valence-corrected chi connectivity index (χ4v) is 6.31. The predicted molar refractivity (Wildman–Crippen MR) is 163 cm³/mol. The lowest BCUT2D eigenvalue weighted by Crippen LogP contribution is -2.57. The maximum Gasteiger partial charge on any atom is 0.408 e. The molecule has 3 N–H and O–H groups in total. The minimum absolute atomic E-state index is 0.178. The number of fused-ring (bicyclic) bond motifs is 1. The largest absolute Gasteiger partial charge is 0.491 e. The van der Waals surface area contributed by atoms with Gasteiger partial charge in [-0.05, 0) is 48.9 Å². The number of ether oxygens (including phenoxy) is 2. The highest BCUT2D eigenvalue weighted by atomic mass is 35.5. The number of hydrogen-bond donors (Lipinski definition) is 3. The SMILES string of the molecule is O=CC(O)(CCC(=O)N1CCOc2ccccc2C1)NC(=O)[C@H](CC1CCCCC1)NC(=O)OC1(c2cccc(Cl)c2)CC1. The van der Waals surface area contributed by atoms with Gasteiger partial charge in [-0.3, -0.25) is 14.4 Å². The van der Waals surface area contributed by atoms with Gasteiger partial charge in [0.05, 0.1) is 6.54 Å². The minimum atomic E-state index is -2.29. The van der Waals surface area contributed by atoms with E-state index in [0.717, 1.165) is 49.0 Å². The van der Waals surface area contributed by atoms with E-state index in [4.69, 9.17) is 21.1 Å². The molecule has 2 saturated carbocycles. The van der Waals surface area contributed by atoms with Crippen LogP contribution < -0.4 is 15.4 Å². The Labute approximate surface area is 262 Å². The second kappa shape index (κ2) is 14.0. The summed E-state index contributed by atoms with van der Waals surface area (Å²) in [6, 6.07) is 13.6. The van der Waals surface area contributed by atoms with Crippen molar-refractivity contribution in [2.45, 2.75) is 88.1 Å². The van der Waals surface area contributed by atoms with Crippen molar-refractivity contribution in [3.8, 4) is 5.75 Å². The van der Waals surface area contributed by atoms with Crippen molar-refractivity contribution in [3.63, 3.8) is 0 Å². The van der Waals surface area contributed by atoms with Gasteiger partial charge in [0.25, 0.3) is 0 Å². The first-order valence-corrected chi connectivity index (χ1v) is 15.8. The Morgan fingerprint density at radius 3 is 2.64 bits per heavy atom. The molecule has 236 valence electrons. The van der Waals surface area contributed by atoms with Crippen LogP contribution in [0.3, 0.4) is 0 Å². The number of amides is 3. The lowest BCUT2D eigenvalue weighted by Gasteiger charge is -2.30. The van der Waals surface area contributed by atoms with Crippen LogP contribution in [0.25, 0.3) is 0 Å². The number of benzene rings is 2. The van der Waals surface area contributed by atoms with Gasteiger partial charge in [0.1, 0.15) is 24.0 Å². The number of aldehydes is 1. The molecule has 3 aliphatic rings. The van der Waals surface area contributed by atoms with Crippen LogP contribution >= 0.6 is 11.6 Å². The molecule has 1 unspecified atom stereocenters. The lowest BCUT2D eigenvalue weighted by atomic mass is 9.84. The van der Waals surface area contributed by atoms with Crippen molar-refractivity contribution in [3.05, 3.63) is 64.7 Å². The van der Waals surface area contributed by atoms with Crippen LogP contribution in [0, 0.1) is 5.92 Å². The highest BCUT2D eigenvalue weighted by Crippen LogP contribution is 2.49. The number of aliphatic hydroxyl groups is 1. The summed E-state index contributed by atoms with van der Waals surface area (Å²) in [6.07, 6.45) is 5.61. The monoisotopic (exact) mass is 625 g/mol. The quantitative estimate of drug-likeness (QED) is 0.245. The fraction of sp³-hybridized carbons (Fsp3) is 0.515. The molecule has 2 fully saturated rings. The smallest absolute Gasteiger partial charge is 0.408 e. The molecule has 2 atom stereocenters. The summed E-state index contributed by atoms with van der Waals surface area (Å²) in [5.74, 6) is -0.0772. The lowest BCUT2D eigenvalue weighted by molar-refractivity contribution is -0.143. The normalized spacial score (nSPS) is 19.6. The number of alkyl carbamates (subject to hydrolysis) is 1. The van der Waals surface area contributed by atoms with Gasteiger partial charge in [-0.25, -0.2) is 4.79 Å². The number of halogens is 1. The molecule has 1 heterocycles. The third-order valence-corrected chi connectivity index (χ3v) is 9.04. The molecule has 0 aromatic heterocycles. The van der Waals surface area contributed by atoms with Gasteiger partial charge in [-0.1, -0.05) is 74.0 Å². The maximum atomic E-state index is 13.5. The van der Waals surface area contributed by atoms with Gasteiger partial charge >= 0.3 is 6.09 Å². The van der Waals surface area contributed by atoms with Crippen LogP contribution in [0.15, 0.2) is 48.5 Å². The highest BCUT2D eigenvalue weighted by Gasteiger charge is 2.49. The molecule has 1 aliphatic heterocycles. The number of nitrogens with zero attached hydrogens (tertiary/aromatic N) is 1. The molecule has 0 radical (unpaired) electrons. The maximum absolute atomic E-state index is 13.5. The molecule has 44 heavy (non-hydrogen) atoms. The average Bonchev–Trinajstić information content (AvgIpc) is 3.83. The Bertz CT molecular complexity index is 1360. The Morgan fingerprint density at radius 1 is 1.14 bits per heavy atom. The van der Waals surface area contributed by atoms with Crippen molar-refractivity contribution in [1.29, 1.82) is 0 Å². The number of para-hydroxylation sites is 1. The van der Waals surface area contributed by atoms with Gasteiger partial charge in [0, 0.05) is 30.0 Å². The topological polar surface area (TPSA) is 134 Å². The van der Waals surface area contributed by atoms with E-state index in [1.807, 2.05) is 30.3 Å². The average molecular weight is 626 g/mol. The number of nitrogens with one attached hydrogen (secondary N) is 2. The van der Waals surface area contributed by atoms with E-state index in [1.54, 1.807) is 23.1 Å². The molecular formula is C33H40ClN3O7. The van der Waals surface area contributed by atoms with Crippen LogP contribution in [-0.2, 0) is 31.3 Å². The van der Waals surface area contributed by atoms with Gasteiger partial charge < -0.3 is 30.1 Å². The van der Waals surface area contributed by atoms with Crippen LogP contribution in [0.5, 0.6) is 5.75 Å². The zero-order valence-corrected chi connectivity index (χ0v) is 25.5. The van der Waals surface area contributed by atoms with Gasteiger partial charge in [-0.2, -0.15) is 0 Å². The second-order valence-electron chi connectivity index (χ2n) is 12.1. The number of carbonyl (C=O) groups is 4. The molecule has 0 bridgehead atoms. The number of carbonyl (C=O) groups excluding carboxylic acids is 4. The second-order valence-corrected chi connectivity index (χ2v) is 12.6. The molecule has 11 heteroatoms. The summed E-state index contributed by atoms with van der Waals surface area (Å²) in [5.41, 5.74) is -1.44. The van der Waals surface area contributed by atoms with E-state index in [0.29, 0.717) is 44.0 Å². The summed E-state index contributed by atoms with van der Waals surface area (Å²) in [4.78, 5) is 53.4. The zero-order chi connectivity index (χ0) is 31.2. The molecule has 2 aromatic carbocycles. The standard InChI is InChI=1S/C33H40ClN3O7/c34-26-11-6-10-25(20-26)32(15-16-32)44-31(41)35-27(19-23-7-2-1-3-8-23)30(40)36-33(42,22-38)14-13-29(39)37-17-18-43-28-12-5-4-9-24(28)21-37/h4-6,9-12,20,22-23,27,42H,1-3,7-8,13-19,21H2,(H,35,41)(H,36,40)/t27-,33?/m0/s1. The minimum Gasteiger partial charge on any atom is -0.491 e. The summed E-state index contributed by atoms with van der Waals surface area (Å²) in [7, 11) is 0. The molecule has 0 spiro atoms. The molecule has 2 aromatic rings. The van der Waals surface area contributed by atoms with Gasteiger partial charge in [0.2, 0.25) is 11.8 Å². The summed E-state index contributed by atoms with van der Waals surface area (Å²) in [5, 5.41) is 16.7. The van der Waals surface area contributed by atoms with Gasteiger partial charge in [-0.15, -0.1) is 0 Å². The number of rotatable bonds is 11. The first kappa shape index (κ1) is 31.8. The predicted octanol–water partition coefficient (Wildman–Crippen LogP) is 4.60. The molecule has 0 saturated heterocycles. The Morgan fingerprint density at radius 2 is 1.91 bits per heavy atom. The van der Waals surface area contributed by atoms with Crippen molar-refractivity contribution >= 4 is 35.8 Å². The van der Waals surface area contributed by atoms with Gasteiger partial charge in [0.15, 0.2) is 12.0 Å². The van der Waals surface area contributed by atoms with E-state index >= 15 is 0 Å². The van der Waals surface area contributed by atoms with Crippen LogP contribution in [0.4, 0.5) is 4.79 Å². The third-order valence-electron chi connectivity index (χ3n) is 8.81. The van der Waals surface area contributed by atoms with Crippen molar-refractivity contribution in [2.24, 2.45) is 5.92 Å². The highest BCUT2D eigenvalue weighted by molar-refractivity contribution is 6.30. The van der Waals surface area contributed by atoms with Crippen LogP contribution in [0.1, 0.15) is 75.3 Å². The van der Waals surface area contributed by atoms with Crippen molar-refractivity contribution in [2.75, 3.05) is 13.2 Å². The zero-order valence-electron chi connectivity index (χ0n) is 24.8. The fourth-order valence-electron chi connectivity index (χ4n) is 6.12. The van der Waals surface area contributed by atoms with Crippen molar-refractivity contribution < 1.29 is 33.8 Å². The van der Waals surface area contributed by atoms with Crippen LogP contribution in [-0.4, -0.2) is 59.1 Å². The Hall–Kier alpha value is -3.63. The molecule has 10 nitrogen and oxygen atoms in total. The van der Waals surface area contributed by atoms with E-state index in [9.17, 15) is 24.3 Å². The molecule has 3 amide bonds. The van der Waals surface area contributed by atoms with E-state index in [-0.39, 0.29) is 31.0 Å². The van der Waals surface area contributed by atoms with Crippen LogP contribution in [0.2, 0.25) is 5.02 Å². The molecule has 2 aliphatic carbocycles. The summed E-state index contributed by atoms with van der Waals surface area (Å²) in [6.45, 7) is 1.01. The van der Waals surface area contributed by atoms with E-state index < -0.39 is 29.4 Å². The Kier molecular flexibility index (Phi) is 10.1. The first-order valence-electron chi connectivity index (χ1n) is 15.4. The molecule has 5 rings (SSSR count). The molecular weight excluding hydrogens is 586 g/mol. The third kappa shape index (κ3) is 8.09. The Balaban J connectivity index is 1.21. The summed E-state index contributed by atoms with van der Waals surface area (Å²) < 4.78 is 11.5. The van der Waals surface area contributed by atoms with E-state index in [1.165, 1.54) is 0 Å². The van der Waals surface area contributed by atoms with Crippen molar-refractivity contribution in [1.82, 2.24) is 15.5 Å². The van der Waals surface area contributed by atoms with E-state index in [2.05, 4.69) is 10.6 Å². The number of hydrogen-bond acceptors (Lipinski definition) is 7.